The van der Waals surface area contributed by atoms with E-state index in [-0.39, 0.29) is 5.91 Å². The van der Waals surface area contributed by atoms with E-state index in [1.54, 1.807) is 29.2 Å². The van der Waals surface area contributed by atoms with Gasteiger partial charge in [0, 0.05) is 60.8 Å². The molecule has 39 heavy (non-hydrogen) atoms. The minimum atomic E-state index is -0.146. The van der Waals surface area contributed by atoms with E-state index in [0.717, 1.165) is 57.7 Å². The molecule has 1 aliphatic rings. The molecule has 1 saturated heterocycles. The number of anilines is 4. The highest BCUT2D eigenvalue weighted by atomic mass is 32.2. The van der Waals surface area contributed by atoms with E-state index in [2.05, 4.69) is 51.7 Å². The molecule has 3 heterocycles. The quantitative estimate of drug-likeness (QED) is 0.209. The fourth-order valence-corrected chi connectivity index (χ4v) is 6.08. The number of rotatable bonds is 9. The van der Waals surface area contributed by atoms with Gasteiger partial charge in [0.2, 0.25) is 11.9 Å². The number of carbonyl (C=O) groups excluding carboxylic acids is 1. The van der Waals surface area contributed by atoms with Gasteiger partial charge in [-0.3, -0.25) is 4.79 Å². The summed E-state index contributed by atoms with van der Waals surface area (Å²) in [7, 11) is 6.10. The van der Waals surface area contributed by atoms with Crippen molar-refractivity contribution in [2.45, 2.75) is 9.92 Å². The number of nitrogens with zero attached hydrogens (tertiary/aromatic N) is 5. The Morgan fingerprint density at radius 2 is 1.85 bits per heavy atom. The molecule has 10 heteroatoms. The Morgan fingerprint density at radius 3 is 2.62 bits per heavy atom. The molecule has 0 unspecified atom stereocenters. The zero-order valence-electron chi connectivity index (χ0n) is 22.4. The van der Waals surface area contributed by atoms with Crippen LogP contribution in [-0.2, 0) is 4.79 Å². The second-order valence-electron chi connectivity index (χ2n) is 9.73. The molecule has 0 atom stereocenters. The van der Waals surface area contributed by atoms with Crippen LogP contribution >= 0.6 is 23.1 Å². The molecule has 2 N–H and O–H groups in total. The predicted octanol–water partition coefficient (Wildman–Crippen LogP) is 5.39. The molecule has 0 saturated carbocycles. The number of piperazine rings is 1. The van der Waals surface area contributed by atoms with Crippen molar-refractivity contribution in [1.29, 1.82) is 0 Å². The van der Waals surface area contributed by atoms with Gasteiger partial charge in [0.05, 0.1) is 10.2 Å². The van der Waals surface area contributed by atoms with Crippen LogP contribution < -0.4 is 15.5 Å². The molecule has 4 aromatic rings. The van der Waals surface area contributed by atoms with Crippen molar-refractivity contribution in [2.75, 3.05) is 69.4 Å². The highest BCUT2D eigenvalue weighted by molar-refractivity contribution is 7.99. The van der Waals surface area contributed by atoms with Crippen molar-refractivity contribution in [3.8, 4) is 0 Å². The van der Waals surface area contributed by atoms with Gasteiger partial charge in [0.15, 0.2) is 0 Å². The maximum atomic E-state index is 12.3. The Labute approximate surface area is 237 Å². The second-order valence-corrected chi connectivity index (χ2v) is 11.7. The SMILES string of the molecule is CN(C)C/C=C/C(=O)Nc1cccc(Sc2nc(Nc3ccc(N4CCN(C)CC4)cc3)nc3ccsc23)c1. The Morgan fingerprint density at radius 1 is 1.05 bits per heavy atom. The summed E-state index contributed by atoms with van der Waals surface area (Å²) in [5.41, 5.74) is 3.84. The van der Waals surface area contributed by atoms with Crippen LogP contribution in [-0.4, -0.2) is 79.5 Å². The maximum absolute atomic E-state index is 12.3. The zero-order valence-corrected chi connectivity index (χ0v) is 24.1. The fourth-order valence-electron chi connectivity index (χ4n) is 4.21. The molecule has 8 nitrogen and oxygen atoms in total. The standard InChI is InChI=1S/C29H33N7OS2/c1-34(2)14-5-8-26(37)30-22-6-4-7-24(20-22)39-28-27-25(13-19-38-27)32-29(33-28)31-21-9-11-23(12-10-21)36-17-15-35(3)16-18-36/h4-13,19-20H,14-18H2,1-3H3,(H,30,37)(H,31,32,33)/b8-5+. The second kappa shape index (κ2) is 12.6. The van der Waals surface area contributed by atoms with Crippen molar-refractivity contribution < 1.29 is 4.79 Å². The summed E-state index contributed by atoms with van der Waals surface area (Å²) < 4.78 is 1.04. The Bertz CT molecular complexity index is 1440. The number of hydrogen-bond acceptors (Lipinski definition) is 9. The summed E-state index contributed by atoms with van der Waals surface area (Å²) in [5.74, 6) is 0.415. The van der Waals surface area contributed by atoms with Crippen LogP contribution in [0.15, 0.2) is 82.1 Å². The van der Waals surface area contributed by atoms with Crippen LogP contribution in [0.5, 0.6) is 0 Å². The number of aromatic nitrogens is 2. The number of nitrogens with one attached hydrogen (secondary N) is 2. The van der Waals surface area contributed by atoms with Crippen LogP contribution in [0.2, 0.25) is 0 Å². The van der Waals surface area contributed by atoms with E-state index in [9.17, 15) is 4.79 Å². The molecular formula is C29H33N7OS2. The summed E-state index contributed by atoms with van der Waals surface area (Å²) in [4.78, 5) is 29.7. The Balaban J connectivity index is 1.29. The lowest BCUT2D eigenvalue weighted by molar-refractivity contribution is -0.111. The normalized spacial score (nSPS) is 14.4. The number of hydrogen-bond donors (Lipinski definition) is 2. The third-order valence-corrected chi connectivity index (χ3v) is 8.34. The van der Waals surface area contributed by atoms with Gasteiger partial charge in [-0.1, -0.05) is 23.9 Å². The van der Waals surface area contributed by atoms with Crippen molar-refractivity contribution >= 4 is 62.2 Å². The molecule has 0 radical (unpaired) electrons. The third-order valence-electron chi connectivity index (χ3n) is 6.32. The number of thiophene rings is 1. The van der Waals surface area contributed by atoms with E-state index >= 15 is 0 Å². The largest absolute Gasteiger partial charge is 0.369 e. The molecule has 0 bridgehead atoms. The average Bonchev–Trinajstić information content (AvgIpc) is 3.39. The van der Waals surface area contributed by atoms with Crippen LogP contribution in [0.25, 0.3) is 10.2 Å². The van der Waals surface area contributed by atoms with E-state index in [1.165, 1.54) is 5.69 Å². The molecule has 0 spiro atoms. The number of fused-ring (bicyclic) bond motifs is 1. The highest BCUT2D eigenvalue weighted by Gasteiger charge is 2.15. The van der Waals surface area contributed by atoms with Gasteiger partial charge in [0.1, 0.15) is 5.03 Å². The van der Waals surface area contributed by atoms with E-state index in [1.807, 2.05) is 60.8 Å². The van der Waals surface area contributed by atoms with Crippen LogP contribution in [0, 0.1) is 0 Å². The minimum Gasteiger partial charge on any atom is -0.369 e. The molecular weight excluding hydrogens is 527 g/mol. The van der Waals surface area contributed by atoms with Crippen LogP contribution in [0.3, 0.4) is 0 Å². The Kier molecular flexibility index (Phi) is 8.77. The van der Waals surface area contributed by atoms with Crippen molar-refractivity contribution in [1.82, 2.24) is 19.8 Å². The smallest absolute Gasteiger partial charge is 0.248 e. The summed E-state index contributed by atoms with van der Waals surface area (Å²) in [6.45, 7) is 4.96. The predicted molar refractivity (Wildman–Crippen MR) is 164 cm³/mol. The summed E-state index contributed by atoms with van der Waals surface area (Å²) in [5, 5.41) is 9.24. The monoisotopic (exact) mass is 559 g/mol. The highest BCUT2D eigenvalue weighted by Crippen LogP contribution is 2.36. The summed E-state index contributed by atoms with van der Waals surface area (Å²) in [6.07, 6.45) is 3.41. The van der Waals surface area contributed by atoms with Crippen LogP contribution in [0.1, 0.15) is 0 Å². The fraction of sp³-hybridized carbons (Fsp3) is 0.276. The van der Waals surface area contributed by atoms with E-state index < -0.39 is 0 Å². The lowest BCUT2D eigenvalue weighted by atomic mass is 10.2. The van der Waals surface area contributed by atoms with Crippen molar-refractivity contribution in [2.24, 2.45) is 0 Å². The molecule has 1 aliphatic heterocycles. The summed E-state index contributed by atoms with van der Waals surface area (Å²) in [6, 6.07) is 18.3. The molecule has 1 amide bonds. The van der Waals surface area contributed by atoms with Gasteiger partial charge in [-0.2, -0.15) is 0 Å². The van der Waals surface area contributed by atoms with E-state index in [4.69, 9.17) is 9.97 Å². The number of amides is 1. The minimum absolute atomic E-state index is 0.146. The summed E-state index contributed by atoms with van der Waals surface area (Å²) >= 11 is 3.19. The average molecular weight is 560 g/mol. The van der Waals surface area contributed by atoms with Crippen molar-refractivity contribution in [3.05, 3.63) is 72.1 Å². The molecule has 2 aromatic carbocycles. The van der Waals surface area contributed by atoms with Gasteiger partial charge in [-0.05, 0) is 75.1 Å². The van der Waals surface area contributed by atoms with Gasteiger partial charge < -0.3 is 25.3 Å². The van der Waals surface area contributed by atoms with Gasteiger partial charge >= 0.3 is 0 Å². The third kappa shape index (κ3) is 7.36. The first-order valence-electron chi connectivity index (χ1n) is 12.9. The van der Waals surface area contributed by atoms with E-state index in [0.29, 0.717) is 12.5 Å². The number of likely N-dealkylation sites (N-methyl/N-ethyl adjacent to an activating group) is 2. The topological polar surface area (TPSA) is 76.6 Å². The number of benzene rings is 2. The van der Waals surface area contributed by atoms with Crippen molar-refractivity contribution in [3.63, 3.8) is 0 Å². The first kappa shape index (κ1) is 27.1. The zero-order chi connectivity index (χ0) is 27.2. The molecule has 5 rings (SSSR count). The van der Waals surface area contributed by atoms with Gasteiger partial charge in [-0.25, -0.2) is 9.97 Å². The lowest BCUT2D eigenvalue weighted by Crippen LogP contribution is -2.44. The Hall–Kier alpha value is -3.44. The molecule has 0 aliphatic carbocycles. The van der Waals surface area contributed by atoms with Gasteiger partial charge in [-0.15, -0.1) is 11.3 Å². The molecule has 1 fully saturated rings. The maximum Gasteiger partial charge on any atom is 0.248 e. The first-order chi connectivity index (χ1) is 18.9. The molecule has 202 valence electrons. The lowest BCUT2D eigenvalue weighted by Gasteiger charge is -2.34. The van der Waals surface area contributed by atoms with Gasteiger partial charge in [0.25, 0.3) is 0 Å². The van der Waals surface area contributed by atoms with Crippen LogP contribution in [0.4, 0.5) is 23.0 Å². The first-order valence-corrected chi connectivity index (χ1v) is 14.6. The number of carbonyl (C=O) groups is 1. The molecule has 2 aromatic heterocycles.